The van der Waals surface area contributed by atoms with Crippen LogP contribution in [0.4, 0.5) is 5.95 Å². The van der Waals surface area contributed by atoms with E-state index < -0.39 is 10.0 Å². The van der Waals surface area contributed by atoms with E-state index in [1.807, 2.05) is 23.1 Å². The second kappa shape index (κ2) is 10.7. The van der Waals surface area contributed by atoms with Crippen molar-refractivity contribution in [2.75, 3.05) is 31.1 Å². The molecule has 2 aromatic carbocycles. The van der Waals surface area contributed by atoms with Gasteiger partial charge in [0, 0.05) is 37.9 Å². The summed E-state index contributed by atoms with van der Waals surface area (Å²) in [4.78, 5) is 11.5. The first-order valence-electron chi connectivity index (χ1n) is 14.1. The molecule has 2 fully saturated rings. The van der Waals surface area contributed by atoms with E-state index in [1.54, 1.807) is 27.2 Å². The second-order valence-corrected chi connectivity index (χ2v) is 13.0. The molecule has 0 radical (unpaired) electrons. The van der Waals surface area contributed by atoms with Gasteiger partial charge in [0.05, 0.1) is 10.6 Å². The van der Waals surface area contributed by atoms with Crippen molar-refractivity contribution >= 4 is 21.7 Å². The van der Waals surface area contributed by atoms with Crippen LogP contribution in [-0.4, -0.2) is 58.5 Å². The zero-order valence-corrected chi connectivity index (χ0v) is 23.5. The molecule has 2 aromatic heterocycles. The van der Waals surface area contributed by atoms with Gasteiger partial charge in [-0.3, -0.25) is 0 Å². The van der Waals surface area contributed by atoms with Gasteiger partial charge in [-0.2, -0.15) is 13.8 Å². The van der Waals surface area contributed by atoms with Gasteiger partial charge in [0.1, 0.15) is 0 Å². The normalized spacial score (nSPS) is 17.8. The van der Waals surface area contributed by atoms with Gasteiger partial charge in [-0.25, -0.2) is 13.4 Å². The zero-order chi connectivity index (χ0) is 27.0. The SMILES string of the molecule is CC(C)c1ccc(S(=O)(=O)N2CCN(c3nc4nccc(-c5ccc(C6CCCCC6)cc5)n4n3)CC2)cc1. The van der Waals surface area contributed by atoms with E-state index in [-0.39, 0.29) is 0 Å². The minimum atomic E-state index is -3.54. The van der Waals surface area contributed by atoms with Crippen LogP contribution in [0, 0.1) is 0 Å². The Hall–Kier alpha value is -3.30. The standard InChI is InChI=1S/C30H36N6O2S/c1-22(2)23-12-14-27(15-13-23)39(37,38)35-20-18-34(19-21-35)30-32-29-31-17-16-28(36(29)33-30)26-10-8-25(9-11-26)24-6-4-3-5-7-24/h8-17,22,24H,3-7,18-21H2,1-2H3. The number of hydrogen-bond donors (Lipinski definition) is 0. The Morgan fingerprint density at radius 3 is 2.21 bits per heavy atom. The number of rotatable bonds is 6. The van der Waals surface area contributed by atoms with Crippen molar-refractivity contribution in [1.82, 2.24) is 23.9 Å². The third-order valence-corrected chi connectivity index (χ3v) is 10.1. The number of nitrogens with zero attached hydrogens (tertiary/aromatic N) is 6. The van der Waals surface area contributed by atoms with Crippen molar-refractivity contribution in [1.29, 1.82) is 0 Å². The lowest BCUT2D eigenvalue weighted by molar-refractivity contribution is 0.382. The van der Waals surface area contributed by atoms with Gasteiger partial charge in [-0.1, -0.05) is 69.5 Å². The maximum atomic E-state index is 13.2. The highest BCUT2D eigenvalue weighted by Crippen LogP contribution is 2.33. The van der Waals surface area contributed by atoms with Crippen LogP contribution < -0.4 is 4.90 Å². The largest absolute Gasteiger partial charge is 0.337 e. The van der Waals surface area contributed by atoms with E-state index >= 15 is 0 Å². The molecule has 0 N–H and O–H groups in total. The van der Waals surface area contributed by atoms with Crippen LogP contribution in [0.5, 0.6) is 0 Å². The summed E-state index contributed by atoms with van der Waals surface area (Å²) in [5, 5.41) is 4.80. The van der Waals surface area contributed by atoms with Crippen molar-refractivity contribution in [3.05, 3.63) is 71.9 Å². The molecule has 9 heteroatoms. The molecule has 4 aromatic rings. The Labute approximate surface area is 230 Å². The first-order valence-corrected chi connectivity index (χ1v) is 15.5. The van der Waals surface area contributed by atoms with Gasteiger partial charge in [0.25, 0.3) is 5.78 Å². The molecule has 1 aliphatic heterocycles. The summed E-state index contributed by atoms with van der Waals surface area (Å²) >= 11 is 0. The zero-order valence-electron chi connectivity index (χ0n) is 22.7. The van der Waals surface area contributed by atoms with Crippen molar-refractivity contribution in [2.24, 2.45) is 0 Å². The van der Waals surface area contributed by atoms with Gasteiger partial charge < -0.3 is 4.90 Å². The molecule has 2 aliphatic rings. The first-order chi connectivity index (χ1) is 18.9. The Morgan fingerprint density at radius 2 is 1.54 bits per heavy atom. The number of piperazine rings is 1. The summed E-state index contributed by atoms with van der Waals surface area (Å²) in [5.41, 5.74) is 4.58. The molecular weight excluding hydrogens is 508 g/mol. The minimum Gasteiger partial charge on any atom is -0.337 e. The van der Waals surface area contributed by atoms with Crippen molar-refractivity contribution in [3.63, 3.8) is 0 Å². The Balaban J connectivity index is 1.17. The topological polar surface area (TPSA) is 83.7 Å². The van der Waals surface area contributed by atoms with Gasteiger partial charge >= 0.3 is 0 Å². The van der Waals surface area contributed by atoms with Crippen LogP contribution in [0.25, 0.3) is 17.0 Å². The Morgan fingerprint density at radius 1 is 0.846 bits per heavy atom. The fraction of sp³-hybridized carbons (Fsp3) is 0.433. The van der Waals surface area contributed by atoms with Crippen LogP contribution in [-0.2, 0) is 10.0 Å². The molecule has 0 bridgehead atoms. The van der Waals surface area contributed by atoms with Gasteiger partial charge in [-0.05, 0) is 54.0 Å². The minimum absolute atomic E-state index is 0.342. The first kappa shape index (κ1) is 26.0. The summed E-state index contributed by atoms with van der Waals surface area (Å²) in [7, 11) is -3.54. The maximum Gasteiger partial charge on any atom is 0.254 e. The summed E-state index contributed by atoms with van der Waals surface area (Å²) in [6, 6.07) is 18.1. The molecule has 3 heterocycles. The second-order valence-electron chi connectivity index (χ2n) is 11.0. The van der Waals surface area contributed by atoms with E-state index in [0.29, 0.717) is 54.6 Å². The number of sulfonamides is 1. The number of anilines is 1. The van der Waals surface area contributed by atoms with Crippen molar-refractivity contribution in [3.8, 4) is 11.3 Å². The summed E-state index contributed by atoms with van der Waals surface area (Å²) in [6.45, 7) is 6.00. The average molecular weight is 545 g/mol. The van der Waals surface area contributed by atoms with E-state index in [1.165, 1.54) is 37.7 Å². The van der Waals surface area contributed by atoms with Crippen LogP contribution in [0.3, 0.4) is 0 Å². The molecule has 8 nitrogen and oxygen atoms in total. The summed E-state index contributed by atoms with van der Waals surface area (Å²) < 4.78 is 29.8. The highest BCUT2D eigenvalue weighted by atomic mass is 32.2. The van der Waals surface area contributed by atoms with Crippen molar-refractivity contribution < 1.29 is 8.42 Å². The van der Waals surface area contributed by atoms with Gasteiger partial charge in [0.15, 0.2) is 0 Å². The monoisotopic (exact) mass is 544 g/mol. The van der Waals surface area contributed by atoms with Crippen LogP contribution >= 0.6 is 0 Å². The van der Waals surface area contributed by atoms with Crippen LogP contribution in [0.2, 0.25) is 0 Å². The van der Waals surface area contributed by atoms with Crippen LogP contribution in [0.1, 0.15) is 68.9 Å². The molecule has 204 valence electrons. The highest BCUT2D eigenvalue weighted by Gasteiger charge is 2.30. The molecule has 1 aliphatic carbocycles. The summed E-state index contributed by atoms with van der Waals surface area (Å²) in [6.07, 6.45) is 8.34. The number of benzene rings is 2. The van der Waals surface area contributed by atoms with E-state index in [2.05, 4.69) is 48.1 Å². The predicted octanol–water partition coefficient (Wildman–Crippen LogP) is 5.47. The lowest BCUT2D eigenvalue weighted by Crippen LogP contribution is -2.49. The van der Waals surface area contributed by atoms with Crippen molar-refractivity contribution in [2.45, 2.75) is 62.7 Å². The number of hydrogen-bond acceptors (Lipinski definition) is 6. The molecule has 0 spiro atoms. The Kier molecular flexibility index (Phi) is 7.12. The molecule has 0 unspecified atom stereocenters. The maximum absolute atomic E-state index is 13.2. The molecule has 0 amide bonds. The third kappa shape index (κ3) is 5.17. The highest BCUT2D eigenvalue weighted by molar-refractivity contribution is 7.89. The van der Waals surface area contributed by atoms with Gasteiger partial charge in [0.2, 0.25) is 16.0 Å². The Bertz CT molecular complexity index is 1530. The number of fused-ring (bicyclic) bond motifs is 1. The van der Waals surface area contributed by atoms with E-state index in [9.17, 15) is 8.42 Å². The van der Waals surface area contributed by atoms with Crippen LogP contribution in [0.15, 0.2) is 65.7 Å². The quantitative estimate of drug-likeness (QED) is 0.320. The lowest BCUT2D eigenvalue weighted by atomic mass is 9.84. The van der Waals surface area contributed by atoms with Gasteiger partial charge in [-0.15, -0.1) is 5.10 Å². The predicted molar refractivity (Wildman–Crippen MR) is 154 cm³/mol. The molecule has 0 atom stereocenters. The number of aromatic nitrogens is 4. The molecular formula is C30H36N6O2S. The average Bonchev–Trinajstić information content (AvgIpc) is 3.43. The molecule has 6 rings (SSSR count). The van der Waals surface area contributed by atoms with E-state index in [4.69, 9.17) is 5.10 Å². The summed E-state index contributed by atoms with van der Waals surface area (Å²) in [5.74, 6) is 2.15. The fourth-order valence-electron chi connectivity index (χ4n) is 5.80. The lowest BCUT2D eigenvalue weighted by Gasteiger charge is -2.33. The molecule has 39 heavy (non-hydrogen) atoms. The fourth-order valence-corrected chi connectivity index (χ4v) is 7.22. The molecule has 1 saturated heterocycles. The van der Waals surface area contributed by atoms with E-state index in [0.717, 1.165) is 16.8 Å². The smallest absolute Gasteiger partial charge is 0.254 e. The molecule has 1 saturated carbocycles. The third-order valence-electron chi connectivity index (χ3n) is 8.22.